The van der Waals surface area contributed by atoms with Gasteiger partial charge in [0.25, 0.3) is 0 Å². The molecule has 2 rings (SSSR count). The molecule has 1 aliphatic heterocycles. The van der Waals surface area contributed by atoms with E-state index < -0.39 is 0 Å². The van der Waals surface area contributed by atoms with E-state index in [1.165, 1.54) is 6.07 Å². The highest BCUT2D eigenvalue weighted by Gasteiger charge is 2.29. The van der Waals surface area contributed by atoms with E-state index in [4.69, 9.17) is 34.8 Å². The predicted octanol–water partition coefficient (Wildman–Crippen LogP) is 3.44. The van der Waals surface area contributed by atoms with Crippen LogP contribution in [-0.4, -0.2) is 19.0 Å². The summed E-state index contributed by atoms with van der Waals surface area (Å²) < 4.78 is 0. The third kappa shape index (κ3) is 2.91. The standard InChI is InChI=1S/C12H13Cl3N2O/c1-6-4-16-5-7(6)12(18)17-11-3-9(14)8(13)2-10(11)15/h2-3,6-7,16H,4-5H2,1H3,(H,17,18). The molecule has 1 heterocycles. The normalized spacial score (nSPS) is 23.1. The van der Waals surface area contributed by atoms with Crippen LogP contribution in [0.4, 0.5) is 5.69 Å². The Bertz CT molecular complexity index is 479. The molecule has 0 aliphatic carbocycles. The lowest BCUT2D eigenvalue weighted by atomic mass is 9.97. The fourth-order valence-corrected chi connectivity index (χ4v) is 2.60. The summed E-state index contributed by atoms with van der Waals surface area (Å²) in [7, 11) is 0. The summed E-state index contributed by atoms with van der Waals surface area (Å²) in [4.78, 5) is 12.1. The van der Waals surface area contributed by atoms with Crippen LogP contribution in [0.2, 0.25) is 15.1 Å². The van der Waals surface area contributed by atoms with E-state index in [-0.39, 0.29) is 11.8 Å². The third-order valence-electron chi connectivity index (χ3n) is 3.12. The van der Waals surface area contributed by atoms with Crippen molar-refractivity contribution in [1.29, 1.82) is 0 Å². The van der Waals surface area contributed by atoms with E-state index in [2.05, 4.69) is 10.6 Å². The summed E-state index contributed by atoms with van der Waals surface area (Å²) in [6, 6.07) is 3.09. The maximum Gasteiger partial charge on any atom is 0.229 e. The number of nitrogens with one attached hydrogen (secondary N) is 2. The number of hydrogen-bond acceptors (Lipinski definition) is 2. The van der Waals surface area contributed by atoms with Gasteiger partial charge in [-0.15, -0.1) is 0 Å². The Hall–Kier alpha value is -0.480. The minimum absolute atomic E-state index is 0.0458. The van der Waals surface area contributed by atoms with Gasteiger partial charge in [-0.05, 0) is 24.6 Å². The zero-order valence-corrected chi connectivity index (χ0v) is 12.0. The zero-order valence-electron chi connectivity index (χ0n) is 9.77. The number of rotatable bonds is 2. The fourth-order valence-electron chi connectivity index (χ4n) is 2.00. The second-order valence-electron chi connectivity index (χ2n) is 4.48. The average Bonchev–Trinajstić information content (AvgIpc) is 2.72. The van der Waals surface area contributed by atoms with E-state index in [0.717, 1.165) is 6.54 Å². The Balaban J connectivity index is 2.14. The van der Waals surface area contributed by atoms with Crippen molar-refractivity contribution in [2.24, 2.45) is 11.8 Å². The third-order valence-corrected chi connectivity index (χ3v) is 4.16. The molecule has 2 unspecified atom stereocenters. The van der Waals surface area contributed by atoms with Crippen LogP contribution in [0, 0.1) is 11.8 Å². The molecule has 98 valence electrons. The second-order valence-corrected chi connectivity index (χ2v) is 5.70. The molecular weight excluding hydrogens is 295 g/mol. The molecule has 1 aromatic carbocycles. The van der Waals surface area contributed by atoms with Gasteiger partial charge in [-0.2, -0.15) is 0 Å². The number of amides is 1. The Morgan fingerprint density at radius 3 is 2.50 bits per heavy atom. The Morgan fingerprint density at radius 2 is 1.89 bits per heavy atom. The van der Waals surface area contributed by atoms with Crippen LogP contribution in [0.25, 0.3) is 0 Å². The van der Waals surface area contributed by atoms with Crippen molar-refractivity contribution >= 4 is 46.4 Å². The van der Waals surface area contributed by atoms with Crippen molar-refractivity contribution in [2.75, 3.05) is 18.4 Å². The van der Waals surface area contributed by atoms with Gasteiger partial charge in [-0.3, -0.25) is 4.79 Å². The summed E-state index contributed by atoms with van der Waals surface area (Å²) >= 11 is 17.8. The Morgan fingerprint density at radius 1 is 1.22 bits per heavy atom. The summed E-state index contributed by atoms with van der Waals surface area (Å²) in [5, 5.41) is 7.11. The molecule has 6 heteroatoms. The smallest absolute Gasteiger partial charge is 0.229 e. The fraction of sp³-hybridized carbons (Fsp3) is 0.417. The van der Waals surface area contributed by atoms with Crippen molar-refractivity contribution < 1.29 is 4.79 Å². The lowest BCUT2D eigenvalue weighted by Gasteiger charge is -2.15. The lowest BCUT2D eigenvalue weighted by Crippen LogP contribution is -2.27. The van der Waals surface area contributed by atoms with Gasteiger partial charge in [-0.1, -0.05) is 41.7 Å². The van der Waals surface area contributed by atoms with Gasteiger partial charge >= 0.3 is 0 Å². The molecule has 1 fully saturated rings. The highest BCUT2D eigenvalue weighted by atomic mass is 35.5. The van der Waals surface area contributed by atoms with Crippen LogP contribution in [0.15, 0.2) is 12.1 Å². The van der Waals surface area contributed by atoms with Crippen LogP contribution >= 0.6 is 34.8 Å². The van der Waals surface area contributed by atoms with E-state index in [1.54, 1.807) is 6.07 Å². The van der Waals surface area contributed by atoms with Gasteiger partial charge in [0.05, 0.1) is 26.7 Å². The van der Waals surface area contributed by atoms with E-state index in [0.29, 0.717) is 33.2 Å². The van der Waals surface area contributed by atoms with Crippen molar-refractivity contribution in [3.05, 3.63) is 27.2 Å². The molecular formula is C12H13Cl3N2O. The first-order chi connectivity index (χ1) is 8.49. The van der Waals surface area contributed by atoms with Gasteiger partial charge in [0.2, 0.25) is 5.91 Å². The molecule has 1 aromatic rings. The van der Waals surface area contributed by atoms with Crippen molar-refractivity contribution in [3.8, 4) is 0 Å². The van der Waals surface area contributed by atoms with E-state index in [1.807, 2.05) is 6.92 Å². The molecule has 2 atom stereocenters. The molecule has 0 spiro atoms. The maximum absolute atomic E-state index is 12.1. The number of anilines is 1. The van der Waals surface area contributed by atoms with Crippen molar-refractivity contribution in [2.45, 2.75) is 6.92 Å². The number of carbonyl (C=O) groups excluding carboxylic acids is 1. The van der Waals surface area contributed by atoms with Crippen LogP contribution in [-0.2, 0) is 4.79 Å². The van der Waals surface area contributed by atoms with Gasteiger partial charge in [0.15, 0.2) is 0 Å². The largest absolute Gasteiger partial charge is 0.324 e. The number of benzene rings is 1. The predicted molar refractivity (Wildman–Crippen MR) is 75.6 cm³/mol. The maximum atomic E-state index is 12.1. The highest BCUT2D eigenvalue weighted by molar-refractivity contribution is 6.44. The van der Waals surface area contributed by atoms with Gasteiger partial charge in [0, 0.05) is 6.54 Å². The molecule has 1 saturated heterocycles. The summed E-state index contributed by atoms with van der Waals surface area (Å²) in [5.74, 6) is 0.217. The Labute approximate surface area is 121 Å². The van der Waals surface area contributed by atoms with Gasteiger partial charge in [0.1, 0.15) is 0 Å². The summed E-state index contributed by atoms with van der Waals surface area (Å²) in [6.07, 6.45) is 0. The molecule has 3 nitrogen and oxygen atoms in total. The first-order valence-corrected chi connectivity index (χ1v) is 6.78. The molecule has 18 heavy (non-hydrogen) atoms. The monoisotopic (exact) mass is 306 g/mol. The molecule has 0 aromatic heterocycles. The van der Waals surface area contributed by atoms with Crippen LogP contribution in [0.5, 0.6) is 0 Å². The zero-order chi connectivity index (χ0) is 13.3. The molecule has 1 amide bonds. The minimum Gasteiger partial charge on any atom is -0.324 e. The molecule has 0 saturated carbocycles. The highest BCUT2D eigenvalue weighted by Crippen LogP contribution is 2.32. The quantitative estimate of drug-likeness (QED) is 0.822. The molecule has 1 aliphatic rings. The van der Waals surface area contributed by atoms with Crippen molar-refractivity contribution in [1.82, 2.24) is 5.32 Å². The van der Waals surface area contributed by atoms with E-state index in [9.17, 15) is 4.79 Å². The van der Waals surface area contributed by atoms with Crippen LogP contribution in [0.1, 0.15) is 6.92 Å². The molecule has 0 bridgehead atoms. The first kappa shape index (κ1) is 13.9. The van der Waals surface area contributed by atoms with E-state index >= 15 is 0 Å². The first-order valence-electron chi connectivity index (χ1n) is 5.65. The number of hydrogen-bond donors (Lipinski definition) is 2. The summed E-state index contributed by atoms with van der Waals surface area (Å²) in [6.45, 7) is 3.58. The lowest BCUT2D eigenvalue weighted by molar-refractivity contribution is -0.120. The Kier molecular flexibility index (Phi) is 4.38. The number of halogens is 3. The molecule has 0 radical (unpaired) electrons. The SMILES string of the molecule is CC1CNCC1C(=O)Nc1cc(Cl)c(Cl)cc1Cl. The van der Waals surface area contributed by atoms with Crippen LogP contribution < -0.4 is 10.6 Å². The van der Waals surface area contributed by atoms with Gasteiger partial charge < -0.3 is 10.6 Å². The van der Waals surface area contributed by atoms with Crippen molar-refractivity contribution in [3.63, 3.8) is 0 Å². The van der Waals surface area contributed by atoms with Gasteiger partial charge in [-0.25, -0.2) is 0 Å². The van der Waals surface area contributed by atoms with Crippen LogP contribution in [0.3, 0.4) is 0 Å². The minimum atomic E-state index is -0.0483. The number of carbonyl (C=O) groups is 1. The topological polar surface area (TPSA) is 41.1 Å². The second kappa shape index (κ2) is 5.66. The average molecular weight is 308 g/mol. The molecule has 2 N–H and O–H groups in total. The summed E-state index contributed by atoms with van der Waals surface area (Å²) in [5.41, 5.74) is 0.496.